The van der Waals surface area contributed by atoms with Gasteiger partial charge >= 0.3 is 6.85 Å². The maximum atomic E-state index is 10.6. The zero-order valence-corrected chi connectivity index (χ0v) is 8.39. The van der Waals surface area contributed by atoms with Crippen LogP contribution in [-0.4, -0.2) is 19.7 Å². The number of hydrogen-bond acceptors (Lipinski definition) is 3. The van der Waals surface area contributed by atoms with Crippen molar-refractivity contribution in [1.29, 1.82) is 5.26 Å². The van der Waals surface area contributed by atoms with Gasteiger partial charge in [-0.3, -0.25) is 4.79 Å². The van der Waals surface area contributed by atoms with Gasteiger partial charge in [0.25, 0.3) is 0 Å². The Bertz CT molecular complexity index is 413. The number of nitrogens with zero attached hydrogens (tertiary/aromatic N) is 2. The van der Waals surface area contributed by atoms with Gasteiger partial charge in [0.15, 0.2) is 0 Å². The molecule has 1 fully saturated rings. The molecule has 0 radical (unpaired) electrons. The van der Waals surface area contributed by atoms with Crippen LogP contribution in [0.25, 0.3) is 0 Å². The van der Waals surface area contributed by atoms with E-state index in [-0.39, 0.29) is 6.85 Å². The molecule has 1 heterocycles. The molecule has 3 nitrogen and oxygen atoms in total. The Morgan fingerprint density at radius 3 is 3.13 bits per heavy atom. The van der Waals surface area contributed by atoms with Gasteiger partial charge in [0.2, 0.25) is 0 Å². The fourth-order valence-electron chi connectivity index (χ4n) is 1.99. The first-order chi connectivity index (χ1) is 7.35. The molecule has 0 atom stereocenters. The molecule has 0 unspecified atom stereocenters. The summed E-state index contributed by atoms with van der Waals surface area (Å²) in [6.07, 6.45) is 2.80. The van der Waals surface area contributed by atoms with Crippen LogP contribution in [0.15, 0.2) is 24.3 Å². The van der Waals surface area contributed by atoms with E-state index >= 15 is 0 Å². The molecule has 0 aromatic heterocycles. The third-order valence-corrected chi connectivity index (χ3v) is 2.74. The van der Waals surface area contributed by atoms with Crippen molar-refractivity contribution in [3.05, 3.63) is 29.8 Å². The second kappa shape index (κ2) is 4.18. The number of nitriles is 1. The van der Waals surface area contributed by atoms with Crippen LogP contribution in [0.1, 0.15) is 16.8 Å². The van der Waals surface area contributed by atoms with Crippen LogP contribution in [0.2, 0.25) is 6.32 Å². The molecule has 1 aliphatic heterocycles. The maximum absolute atomic E-state index is 10.6. The lowest BCUT2D eigenvalue weighted by molar-refractivity contribution is 0.112. The van der Waals surface area contributed by atoms with E-state index in [4.69, 9.17) is 5.26 Å². The molecule has 0 bridgehead atoms. The van der Waals surface area contributed by atoms with Crippen molar-refractivity contribution < 1.29 is 4.79 Å². The fourth-order valence-corrected chi connectivity index (χ4v) is 1.99. The highest BCUT2D eigenvalue weighted by Crippen LogP contribution is 2.23. The molecule has 15 heavy (non-hydrogen) atoms. The summed E-state index contributed by atoms with van der Waals surface area (Å²) in [6, 6.07) is 7.41. The average molecular weight is 198 g/mol. The van der Waals surface area contributed by atoms with Gasteiger partial charge in [-0.15, -0.1) is 0 Å². The summed E-state index contributed by atoms with van der Waals surface area (Å²) >= 11 is 0. The summed E-state index contributed by atoms with van der Waals surface area (Å²) < 4.78 is 0. The summed E-state index contributed by atoms with van der Waals surface area (Å²) in [5, 5.41) is 8.96. The zero-order chi connectivity index (χ0) is 10.7. The first-order valence-electron chi connectivity index (χ1n) is 5.06. The van der Waals surface area contributed by atoms with E-state index < -0.39 is 0 Å². The normalized spacial score (nSPS) is 15.1. The standard InChI is InChI=1S/C11H11BN2O/c13-9-12-5-2-6-14(12)11-4-1-3-10(7-11)8-15/h1,3-4,7-8H,2,5-6H2. The predicted molar refractivity (Wildman–Crippen MR) is 60.0 cm³/mol. The third kappa shape index (κ3) is 1.87. The molecule has 1 saturated heterocycles. The van der Waals surface area contributed by atoms with Crippen LogP contribution >= 0.6 is 0 Å². The number of aldehydes is 1. The number of rotatable bonds is 2. The Hall–Kier alpha value is -1.76. The van der Waals surface area contributed by atoms with Gasteiger partial charge in [-0.1, -0.05) is 12.1 Å². The molecular formula is C11H11BN2O. The maximum Gasteiger partial charge on any atom is 0.378 e. The Morgan fingerprint density at radius 1 is 1.53 bits per heavy atom. The van der Waals surface area contributed by atoms with Crippen molar-refractivity contribution in [2.75, 3.05) is 11.4 Å². The highest BCUT2D eigenvalue weighted by molar-refractivity contribution is 6.71. The molecule has 0 saturated carbocycles. The van der Waals surface area contributed by atoms with Crippen LogP contribution in [-0.2, 0) is 0 Å². The summed E-state index contributed by atoms with van der Waals surface area (Å²) in [6.45, 7) is 0.868. The van der Waals surface area contributed by atoms with Crippen molar-refractivity contribution in [2.45, 2.75) is 12.7 Å². The van der Waals surface area contributed by atoms with Gasteiger partial charge < -0.3 is 4.81 Å². The predicted octanol–water partition coefficient (Wildman–Crippen LogP) is 1.76. The number of carbonyl (C=O) groups is 1. The molecule has 2 rings (SSSR count). The number of carbonyl (C=O) groups excluding carboxylic acids is 1. The second-order valence-electron chi connectivity index (χ2n) is 3.69. The van der Waals surface area contributed by atoms with Gasteiger partial charge in [0.1, 0.15) is 6.29 Å². The van der Waals surface area contributed by atoms with Crippen molar-refractivity contribution >= 4 is 18.8 Å². The van der Waals surface area contributed by atoms with Gasteiger partial charge in [0.05, 0.1) is 0 Å². The molecular weight excluding hydrogens is 187 g/mol. The van der Waals surface area contributed by atoms with Gasteiger partial charge in [-0.2, -0.15) is 0 Å². The number of benzene rings is 1. The first-order valence-corrected chi connectivity index (χ1v) is 5.06. The minimum atomic E-state index is -0.0353. The van der Waals surface area contributed by atoms with Crippen molar-refractivity contribution in [3.63, 3.8) is 0 Å². The SMILES string of the molecule is N#CB1CCCN1c1cccc(C=O)c1. The van der Waals surface area contributed by atoms with E-state index in [0.29, 0.717) is 5.56 Å². The van der Waals surface area contributed by atoms with Crippen molar-refractivity contribution in [1.82, 2.24) is 0 Å². The third-order valence-electron chi connectivity index (χ3n) is 2.74. The molecule has 74 valence electrons. The first kappa shape index (κ1) is 9.79. The van der Waals surface area contributed by atoms with E-state index in [9.17, 15) is 4.79 Å². The largest absolute Gasteiger partial charge is 0.402 e. The van der Waals surface area contributed by atoms with Crippen LogP contribution in [0.4, 0.5) is 5.69 Å². The second-order valence-corrected chi connectivity index (χ2v) is 3.69. The summed E-state index contributed by atoms with van der Waals surface area (Å²) in [7, 11) is 0. The number of anilines is 1. The summed E-state index contributed by atoms with van der Waals surface area (Å²) in [5.74, 6) is 2.29. The molecule has 1 aromatic rings. The van der Waals surface area contributed by atoms with Crippen LogP contribution in [0.3, 0.4) is 0 Å². The molecule has 0 spiro atoms. The lowest BCUT2D eigenvalue weighted by Gasteiger charge is -2.20. The topological polar surface area (TPSA) is 44.1 Å². The minimum Gasteiger partial charge on any atom is -0.402 e. The van der Waals surface area contributed by atoms with Crippen molar-refractivity contribution in [3.8, 4) is 5.97 Å². The quantitative estimate of drug-likeness (QED) is 0.537. The molecule has 1 aromatic carbocycles. The molecule has 0 N–H and O–H groups in total. The molecule has 0 amide bonds. The van der Waals surface area contributed by atoms with Crippen molar-refractivity contribution in [2.24, 2.45) is 0 Å². The van der Waals surface area contributed by atoms with E-state index in [1.807, 2.05) is 18.2 Å². The lowest BCUT2D eigenvalue weighted by atomic mass is 9.61. The zero-order valence-electron chi connectivity index (χ0n) is 8.39. The van der Waals surface area contributed by atoms with E-state index in [2.05, 4.69) is 10.8 Å². The Morgan fingerprint density at radius 2 is 2.40 bits per heavy atom. The Balaban J connectivity index is 2.29. The minimum absolute atomic E-state index is 0.0353. The van der Waals surface area contributed by atoms with E-state index in [0.717, 1.165) is 31.3 Å². The van der Waals surface area contributed by atoms with Gasteiger partial charge in [-0.25, -0.2) is 5.26 Å². The van der Waals surface area contributed by atoms with Crippen LogP contribution < -0.4 is 4.81 Å². The monoisotopic (exact) mass is 198 g/mol. The number of hydrogen-bond donors (Lipinski definition) is 0. The van der Waals surface area contributed by atoms with E-state index in [1.54, 1.807) is 6.07 Å². The Labute approximate surface area is 89.4 Å². The van der Waals surface area contributed by atoms with Gasteiger partial charge in [-0.05, 0) is 24.9 Å². The fraction of sp³-hybridized carbons (Fsp3) is 0.273. The molecule has 1 aliphatic rings. The molecule has 0 aliphatic carbocycles. The highest BCUT2D eigenvalue weighted by atomic mass is 16.1. The van der Waals surface area contributed by atoms with E-state index in [1.165, 1.54) is 0 Å². The average Bonchev–Trinajstić information content (AvgIpc) is 2.77. The van der Waals surface area contributed by atoms with Crippen LogP contribution in [0.5, 0.6) is 0 Å². The molecule has 4 heteroatoms. The summed E-state index contributed by atoms with van der Waals surface area (Å²) in [5.41, 5.74) is 1.64. The smallest absolute Gasteiger partial charge is 0.378 e. The highest BCUT2D eigenvalue weighted by Gasteiger charge is 2.29. The van der Waals surface area contributed by atoms with Crippen LogP contribution in [0, 0.1) is 11.2 Å². The summed E-state index contributed by atoms with van der Waals surface area (Å²) in [4.78, 5) is 12.7. The lowest BCUT2D eigenvalue weighted by Crippen LogP contribution is -2.32. The van der Waals surface area contributed by atoms with Gasteiger partial charge in [0, 0.05) is 23.8 Å². The Kier molecular flexibility index (Phi) is 2.73.